The van der Waals surface area contributed by atoms with E-state index in [1.165, 1.54) is 44.1 Å². The third-order valence-corrected chi connectivity index (χ3v) is 5.30. The number of unbranched alkanes of at least 4 members (excludes halogenated alkanes) is 2. The van der Waals surface area contributed by atoms with E-state index in [4.69, 9.17) is 15.8 Å². The van der Waals surface area contributed by atoms with Crippen molar-refractivity contribution in [3.05, 3.63) is 35.9 Å². The smallest absolute Gasteiger partial charge is 0.427 e. The van der Waals surface area contributed by atoms with Gasteiger partial charge in [-0.3, -0.25) is 0 Å². The van der Waals surface area contributed by atoms with Crippen molar-refractivity contribution in [2.75, 3.05) is 0 Å². The van der Waals surface area contributed by atoms with Crippen LogP contribution in [0.3, 0.4) is 0 Å². The molecule has 0 aliphatic heterocycles. The normalized spacial score (nSPS) is 21.7. The van der Waals surface area contributed by atoms with Crippen molar-refractivity contribution in [1.82, 2.24) is 0 Å². The summed E-state index contributed by atoms with van der Waals surface area (Å²) in [6, 6.07) is 11.1. The monoisotopic (exact) mass is 317 g/mol. The summed E-state index contributed by atoms with van der Waals surface area (Å²) in [7, 11) is -1.16. The molecule has 0 aromatic heterocycles. The van der Waals surface area contributed by atoms with Crippen LogP contribution in [0.1, 0.15) is 56.9 Å². The summed E-state index contributed by atoms with van der Waals surface area (Å²) in [4.78, 5) is 0. The molecule has 0 saturated heterocycles. The molecule has 128 valence electrons. The van der Waals surface area contributed by atoms with Gasteiger partial charge in [-0.15, -0.1) is 0 Å². The van der Waals surface area contributed by atoms with Crippen LogP contribution in [-0.2, 0) is 6.42 Å². The van der Waals surface area contributed by atoms with E-state index in [-0.39, 0.29) is 0 Å². The molecule has 1 aromatic carbocycles. The minimum Gasteiger partial charge on any atom is -0.427 e. The lowest BCUT2D eigenvalue weighted by Gasteiger charge is -2.39. The van der Waals surface area contributed by atoms with Crippen LogP contribution in [0, 0.1) is 11.8 Å². The van der Waals surface area contributed by atoms with Gasteiger partial charge in [-0.25, -0.2) is 0 Å². The quantitative estimate of drug-likeness (QED) is 0.433. The lowest BCUT2D eigenvalue weighted by Crippen LogP contribution is -2.39. The van der Waals surface area contributed by atoms with Gasteiger partial charge in [0.1, 0.15) is 0 Å². The fraction of sp³-hybridized carbons (Fsp3) is 0.684. The Morgan fingerprint density at radius 3 is 2.48 bits per heavy atom. The molecular formula is C19H32BNO2. The number of hydrogen-bond donors (Lipinski definition) is 3. The minimum absolute atomic E-state index is 0.311. The molecule has 1 aliphatic rings. The maximum atomic E-state index is 8.82. The predicted molar refractivity (Wildman–Crippen MR) is 97.0 cm³/mol. The van der Waals surface area contributed by atoms with E-state index in [1.807, 2.05) is 0 Å². The zero-order valence-corrected chi connectivity index (χ0v) is 14.2. The highest BCUT2D eigenvalue weighted by Crippen LogP contribution is 2.39. The zero-order valence-electron chi connectivity index (χ0n) is 14.2. The van der Waals surface area contributed by atoms with Crippen LogP contribution in [0.15, 0.2) is 30.3 Å². The van der Waals surface area contributed by atoms with Crippen LogP contribution >= 0.6 is 0 Å². The summed E-state index contributed by atoms with van der Waals surface area (Å²) < 4.78 is 0. The van der Waals surface area contributed by atoms with Crippen LogP contribution in [0.5, 0.6) is 0 Å². The Morgan fingerprint density at radius 1 is 1.04 bits per heavy atom. The van der Waals surface area contributed by atoms with Crippen molar-refractivity contribution in [3.8, 4) is 0 Å². The average Bonchev–Trinajstić information content (AvgIpc) is 2.50. The van der Waals surface area contributed by atoms with Crippen molar-refractivity contribution in [2.45, 2.75) is 70.1 Å². The zero-order chi connectivity index (χ0) is 16.5. The molecule has 2 rings (SSSR count). The molecule has 0 radical (unpaired) electrons. The Bertz CT molecular complexity index is 421. The Morgan fingerprint density at radius 2 is 1.78 bits per heavy atom. The minimum atomic E-state index is -1.16. The van der Waals surface area contributed by atoms with Gasteiger partial charge in [0, 0.05) is 6.04 Å². The molecule has 0 spiro atoms. The molecule has 3 nitrogen and oxygen atoms in total. The van der Waals surface area contributed by atoms with Gasteiger partial charge in [0.25, 0.3) is 0 Å². The SMILES string of the molecule is NC(CCCCB(O)O)C1CC(CCCCc2ccccc2)C1. The molecule has 0 heterocycles. The Balaban J connectivity index is 1.46. The fourth-order valence-electron chi connectivity index (χ4n) is 3.72. The summed E-state index contributed by atoms with van der Waals surface area (Å²) in [6.45, 7) is 0. The first-order valence-corrected chi connectivity index (χ1v) is 9.31. The first kappa shape index (κ1) is 18.5. The lowest BCUT2D eigenvalue weighted by atomic mass is 9.68. The van der Waals surface area contributed by atoms with Crippen LogP contribution < -0.4 is 5.73 Å². The highest BCUT2D eigenvalue weighted by molar-refractivity contribution is 6.40. The second kappa shape index (κ2) is 10.1. The van der Waals surface area contributed by atoms with Crippen molar-refractivity contribution in [2.24, 2.45) is 17.6 Å². The predicted octanol–water partition coefficient (Wildman–Crippen LogP) is 3.40. The van der Waals surface area contributed by atoms with Gasteiger partial charge in [-0.05, 0) is 55.8 Å². The molecule has 23 heavy (non-hydrogen) atoms. The van der Waals surface area contributed by atoms with Gasteiger partial charge >= 0.3 is 7.12 Å². The van der Waals surface area contributed by atoms with Gasteiger partial charge in [0.15, 0.2) is 0 Å². The highest BCUT2D eigenvalue weighted by Gasteiger charge is 2.32. The average molecular weight is 317 g/mol. The number of hydrogen-bond acceptors (Lipinski definition) is 3. The summed E-state index contributed by atoms with van der Waals surface area (Å²) >= 11 is 0. The van der Waals surface area contributed by atoms with E-state index in [2.05, 4.69) is 30.3 Å². The number of aryl methyl sites for hydroxylation is 1. The van der Waals surface area contributed by atoms with Crippen LogP contribution in [0.25, 0.3) is 0 Å². The van der Waals surface area contributed by atoms with E-state index in [9.17, 15) is 0 Å². The Hall–Kier alpha value is -0.835. The van der Waals surface area contributed by atoms with E-state index < -0.39 is 7.12 Å². The standard InChI is InChI=1S/C19H32BNO2/c21-19(12-6-7-13-20(22)23)18-14-17(15-18)11-5-4-10-16-8-2-1-3-9-16/h1-3,8-9,17-19,22-23H,4-7,10-15,21H2. The Kier molecular flexibility index (Phi) is 8.14. The summed E-state index contributed by atoms with van der Waals surface area (Å²) in [5.41, 5.74) is 7.72. The van der Waals surface area contributed by atoms with E-state index >= 15 is 0 Å². The molecule has 1 atom stereocenters. The molecule has 1 fully saturated rings. The van der Waals surface area contributed by atoms with E-state index in [1.54, 1.807) is 0 Å². The fourth-order valence-corrected chi connectivity index (χ4v) is 3.72. The summed E-state index contributed by atoms with van der Waals surface area (Å²) in [5.74, 6) is 1.59. The van der Waals surface area contributed by atoms with Crippen LogP contribution in [0.2, 0.25) is 6.32 Å². The Labute approximate surface area is 141 Å². The van der Waals surface area contributed by atoms with Crippen LogP contribution in [0.4, 0.5) is 0 Å². The second-order valence-electron chi connectivity index (χ2n) is 7.26. The molecule has 4 heteroatoms. The first-order chi connectivity index (χ1) is 11.1. The topological polar surface area (TPSA) is 66.5 Å². The van der Waals surface area contributed by atoms with E-state index in [0.717, 1.165) is 25.2 Å². The molecule has 1 aliphatic carbocycles. The van der Waals surface area contributed by atoms with Crippen molar-refractivity contribution >= 4 is 7.12 Å². The maximum absolute atomic E-state index is 8.82. The van der Waals surface area contributed by atoms with Gasteiger partial charge in [0.2, 0.25) is 0 Å². The molecule has 1 saturated carbocycles. The molecular weight excluding hydrogens is 285 g/mol. The first-order valence-electron chi connectivity index (χ1n) is 9.31. The molecule has 0 amide bonds. The van der Waals surface area contributed by atoms with Crippen molar-refractivity contribution in [1.29, 1.82) is 0 Å². The second-order valence-corrected chi connectivity index (χ2v) is 7.26. The maximum Gasteiger partial charge on any atom is 0.451 e. The van der Waals surface area contributed by atoms with Gasteiger partial charge in [-0.2, -0.15) is 0 Å². The molecule has 0 bridgehead atoms. The highest BCUT2D eigenvalue weighted by atomic mass is 16.4. The number of benzene rings is 1. The van der Waals surface area contributed by atoms with Gasteiger partial charge < -0.3 is 15.8 Å². The van der Waals surface area contributed by atoms with Gasteiger partial charge in [-0.1, -0.05) is 56.0 Å². The summed E-state index contributed by atoms with van der Waals surface area (Å²) in [6.07, 6.45) is 11.2. The molecule has 1 unspecified atom stereocenters. The largest absolute Gasteiger partial charge is 0.451 e. The summed E-state index contributed by atoms with van der Waals surface area (Å²) in [5, 5.41) is 17.6. The molecule has 1 aromatic rings. The van der Waals surface area contributed by atoms with Crippen molar-refractivity contribution < 1.29 is 10.0 Å². The van der Waals surface area contributed by atoms with Gasteiger partial charge in [0.05, 0.1) is 0 Å². The third kappa shape index (κ3) is 7.07. The van der Waals surface area contributed by atoms with Crippen molar-refractivity contribution in [3.63, 3.8) is 0 Å². The molecule has 4 N–H and O–H groups in total. The third-order valence-electron chi connectivity index (χ3n) is 5.30. The van der Waals surface area contributed by atoms with E-state index in [0.29, 0.717) is 18.3 Å². The van der Waals surface area contributed by atoms with Crippen LogP contribution in [-0.4, -0.2) is 23.2 Å². The number of nitrogens with two attached hydrogens (primary N) is 1. The number of rotatable bonds is 11. The lowest BCUT2D eigenvalue weighted by molar-refractivity contribution is 0.144.